The van der Waals surface area contributed by atoms with Crippen molar-refractivity contribution >= 4 is 30.0 Å². The molecule has 10 heteroatoms. The largest absolute Gasteiger partial charge is 0.493 e. The Morgan fingerprint density at radius 2 is 1.78 bits per heavy atom. The van der Waals surface area contributed by atoms with E-state index in [2.05, 4.69) is 4.90 Å². The van der Waals surface area contributed by atoms with E-state index < -0.39 is 12.1 Å². The van der Waals surface area contributed by atoms with Gasteiger partial charge in [-0.2, -0.15) is 0 Å². The van der Waals surface area contributed by atoms with Gasteiger partial charge in [0.2, 0.25) is 12.5 Å². The van der Waals surface area contributed by atoms with Gasteiger partial charge >= 0.3 is 5.97 Å². The molecule has 3 heterocycles. The zero-order chi connectivity index (χ0) is 21.9. The van der Waals surface area contributed by atoms with Gasteiger partial charge < -0.3 is 28.4 Å². The molecule has 0 aliphatic carbocycles. The number of rotatable bonds is 4. The first-order valence-corrected chi connectivity index (χ1v) is 10.2. The summed E-state index contributed by atoms with van der Waals surface area (Å²) >= 11 is 6.71. The van der Waals surface area contributed by atoms with Gasteiger partial charge in [0, 0.05) is 17.7 Å². The Bertz CT molecular complexity index is 1090. The lowest BCUT2D eigenvalue weighted by molar-refractivity contribution is 0.00875. The van der Waals surface area contributed by atoms with Crippen LogP contribution in [0.5, 0.6) is 28.7 Å². The summed E-state index contributed by atoms with van der Waals surface area (Å²) in [6.45, 7) is 0.796. The Kier molecular flexibility index (Phi) is 5.96. The summed E-state index contributed by atoms with van der Waals surface area (Å²) in [4.78, 5) is 15.0. The molecule has 0 saturated heterocycles. The standard InChI is InChI=1S/C22H22ClNO7.ClH/c1-24-8-7-10-13(19(28-4)21-20(15(10)23)29-9-30-21)16(24)17-11-5-6-12(26-2)18(27-3)14(11)22(25)31-17;/h5-6,16-17H,7-9H2,1-4H3;1H/t16?,17-;/m0./s1. The van der Waals surface area contributed by atoms with Gasteiger partial charge in [0.05, 0.1) is 32.4 Å². The number of carbonyl (C=O) groups is 1. The number of cyclic esters (lactones) is 1. The molecular formula is C22H23Cl2NO7. The average Bonchev–Trinajstić information content (AvgIpc) is 3.39. The maximum absolute atomic E-state index is 12.9. The number of nitrogens with zero attached hydrogens (tertiary/aromatic N) is 1. The molecule has 3 aliphatic heterocycles. The lowest BCUT2D eigenvalue weighted by atomic mass is 9.85. The van der Waals surface area contributed by atoms with Crippen molar-refractivity contribution in [3.05, 3.63) is 39.4 Å². The summed E-state index contributed by atoms with van der Waals surface area (Å²) in [6, 6.07) is 3.28. The fourth-order valence-corrected chi connectivity index (χ4v) is 5.11. The first-order chi connectivity index (χ1) is 15.0. The van der Waals surface area contributed by atoms with E-state index >= 15 is 0 Å². The molecule has 0 fully saturated rings. The molecule has 0 aromatic heterocycles. The lowest BCUT2D eigenvalue weighted by Crippen LogP contribution is -2.36. The molecule has 0 bridgehead atoms. The van der Waals surface area contributed by atoms with E-state index in [1.165, 1.54) is 14.2 Å². The van der Waals surface area contributed by atoms with Crippen molar-refractivity contribution < 1.29 is 33.2 Å². The first kappa shape index (κ1) is 22.6. The molecule has 8 nitrogen and oxygen atoms in total. The van der Waals surface area contributed by atoms with E-state index in [1.807, 2.05) is 13.1 Å². The summed E-state index contributed by atoms with van der Waals surface area (Å²) in [6.07, 6.45) is 0.116. The van der Waals surface area contributed by atoms with Crippen molar-refractivity contribution in [1.29, 1.82) is 0 Å². The zero-order valence-corrected chi connectivity index (χ0v) is 19.6. The molecule has 0 saturated carbocycles. The number of likely N-dealkylation sites (N-methyl/N-ethyl adjacent to an activating group) is 1. The van der Waals surface area contributed by atoms with Crippen LogP contribution in [0.25, 0.3) is 0 Å². The second kappa shape index (κ2) is 8.42. The molecule has 3 aliphatic rings. The van der Waals surface area contributed by atoms with Crippen molar-refractivity contribution in [2.45, 2.75) is 18.6 Å². The van der Waals surface area contributed by atoms with Gasteiger partial charge in [-0.15, -0.1) is 12.4 Å². The number of hydrogen-bond donors (Lipinski definition) is 0. The Morgan fingerprint density at radius 3 is 2.47 bits per heavy atom. The van der Waals surface area contributed by atoms with Gasteiger partial charge in [-0.3, -0.25) is 4.90 Å². The normalized spacial score (nSPS) is 20.7. The van der Waals surface area contributed by atoms with Crippen LogP contribution in [-0.4, -0.2) is 52.6 Å². The van der Waals surface area contributed by atoms with E-state index in [-0.39, 0.29) is 25.2 Å². The molecule has 1 unspecified atom stereocenters. The number of benzene rings is 2. The SMILES string of the molecule is COc1ccc2c(c1OC)C(=O)O[C@@H]2C1c2c(c(Cl)c3c(c2OC)OCO3)CCN1C.Cl. The van der Waals surface area contributed by atoms with Crippen LogP contribution in [0.2, 0.25) is 5.02 Å². The van der Waals surface area contributed by atoms with Gasteiger partial charge in [-0.1, -0.05) is 17.7 Å². The Morgan fingerprint density at radius 1 is 1.06 bits per heavy atom. The van der Waals surface area contributed by atoms with E-state index in [4.69, 9.17) is 40.0 Å². The van der Waals surface area contributed by atoms with E-state index in [0.29, 0.717) is 45.8 Å². The van der Waals surface area contributed by atoms with E-state index in [1.54, 1.807) is 13.2 Å². The Hall–Kier alpha value is -2.55. The molecule has 2 aromatic rings. The van der Waals surface area contributed by atoms with Crippen molar-refractivity contribution in [3.63, 3.8) is 0 Å². The molecule has 0 amide bonds. The second-order valence-electron chi connectivity index (χ2n) is 7.57. The maximum Gasteiger partial charge on any atom is 0.343 e. The van der Waals surface area contributed by atoms with Crippen molar-refractivity contribution in [2.24, 2.45) is 0 Å². The highest BCUT2D eigenvalue weighted by Gasteiger charge is 2.47. The zero-order valence-electron chi connectivity index (χ0n) is 18.0. The van der Waals surface area contributed by atoms with Crippen LogP contribution < -0.4 is 23.7 Å². The average molecular weight is 484 g/mol. The monoisotopic (exact) mass is 483 g/mol. The summed E-state index contributed by atoms with van der Waals surface area (Å²) in [7, 11) is 6.60. The van der Waals surface area contributed by atoms with E-state index in [0.717, 1.165) is 23.2 Å². The molecule has 2 atom stereocenters. The van der Waals surface area contributed by atoms with Gasteiger partial charge in [-0.25, -0.2) is 4.79 Å². The summed E-state index contributed by atoms with van der Waals surface area (Å²) in [5.41, 5.74) is 2.85. The molecule has 0 N–H and O–H groups in total. The van der Waals surface area contributed by atoms with Crippen LogP contribution in [0.15, 0.2) is 12.1 Å². The summed E-state index contributed by atoms with van der Waals surface area (Å²) in [5, 5.41) is 0.512. The third kappa shape index (κ3) is 3.04. The lowest BCUT2D eigenvalue weighted by Gasteiger charge is -2.38. The maximum atomic E-state index is 12.9. The summed E-state index contributed by atoms with van der Waals surface area (Å²) in [5.74, 6) is 1.90. The first-order valence-electron chi connectivity index (χ1n) is 9.85. The molecule has 5 rings (SSSR count). The predicted molar refractivity (Wildman–Crippen MR) is 118 cm³/mol. The smallest absolute Gasteiger partial charge is 0.343 e. The van der Waals surface area contributed by atoms with Crippen molar-refractivity contribution in [3.8, 4) is 28.7 Å². The number of halogens is 2. The molecule has 2 aromatic carbocycles. The Labute approximate surface area is 196 Å². The molecule has 0 spiro atoms. The van der Waals surface area contributed by atoms with Gasteiger partial charge in [0.25, 0.3) is 0 Å². The Balaban J connectivity index is 0.00000245. The number of methoxy groups -OCH3 is 3. The highest BCUT2D eigenvalue weighted by Crippen LogP contribution is 2.57. The summed E-state index contributed by atoms with van der Waals surface area (Å²) < 4.78 is 33.8. The number of carbonyl (C=O) groups excluding carboxylic acids is 1. The van der Waals surface area contributed by atoms with Crippen LogP contribution in [0.3, 0.4) is 0 Å². The quantitative estimate of drug-likeness (QED) is 0.604. The highest BCUT2D eigenvalue weighted by molar-refractivity contribution is 6.33. The van der Waals surface area contributed by atoms with Gasteiger partial charge in [0.1, 0.15) is 11.7 Å². The van der Waals surface area contributed by atoms with Crippen molar-refractivity contribution in [2.75, 3.05) is 41.7 Å². The van der Waals surface area contributed by atoms with Crippen LogP contribution in [0, 0.1) is 0 Å². The molecular weight excluding hydrogens is 461 g/mol. The van der Waals surface area contributed by atoms with Crippen LogP contribution in [-0.2, 0) is 11.2 Å². The molecule has 172 valence electrons. The minimum absolute atomic E-state index is 0. The molecule has 0 radical (unpaired) electrons. The fourth-order valence-electron chi connectivity index (χ4n) is 4.78. The third-order valence-electron chi connectivity index (χ3n) is 6.15. The van der Waals surface area contributed by atoms with E-state index in [9.17, 15) is 4.79 Å². The van der Waals surface area contributed by atoms with Crippen LogP contribution in [0.4, 0.5) is 0 Å². The second-order valence-corrected chi connectivity index (χ2v) is 7.95. The van der Waals surface area contributed by atoms with Crippen molar-refractivity contribution in [1.82, 2.24) is 4.90 Å². The minimum atomic E-state index is -0.586. The topological polar surface area (TPSA) is 75.7 Å². The third-order valence-corrected chi connectivity index (χ3v) is 6.55. The minimum Gasteiger partial charge on any atom is -0.493 e. The highest BCUT2D eigenvalue weighted by atomic mass is 35.5. The predicted octanol–water partition coefficient (Wildman–Crippen LogP) is 3.96. The fraction of sp³-hybridized carbons (Fsp3) is 0.409. The number of fused-ring (bicyclic) bond motifs is 3. The number of hydrogen-bond acceptors (Lipinski definition) is 8. The van der Waals surface area contributed by atoms with Crippen LogP contribution in [0.1, 0.15) is 39.2 Å². The van der Waals surface area contributed by atoms with Gasteiger partial charge in [0.15, 0.2) is 23.0 Å². The van der Waals surface area contributed by atoms with Gasteiger partial charge in [-0.05, 0) is 25.1 Å². The number of ether oxygens (including phenoxy) is 6. The van der Waals surface area contributed by atoms with Crippen LogP contribution >= 0.6 is 24.0 Å². The number of esters is 1. The molecule has 32 heavy (non-hydrogen) atoms.